The largest absolute Gasteiger partial charge is 0.120 e. The molecule has 3 aromatic rings. The van der Waals surface area contributed by atoms with E-state index < -0.39 is 0 Å². The van der Waals surface area contributed by atoms with E-state index in [4.69, 9.17) is 92.8 Å². The molecule has 0 radical (unpaired) electrons. The van der Waals surface area contributed by atoms with Crippen LogP contribution >= 0.6 is 126 Å². The summed E-state index contributed by atoms with van der Waals surface area (Å²) in [6, 6.07) is 16.5. The van der Waals surface area contributed by atoms with Gasteiger partial charge in [-0.3, -0.25) is 0 Å². The number of halogens is 8. The van der Waals surface area contributed by atoms with Crippen molar-refractivity contribution in [1.29, 1.82) is 0 Å². The Labute approximate surface area is 254 Å². The van der Waals surface area contributed by atoms with Gasteiger partial charge in [0.25, 0.3) is 0 Å². The summed E-state index contributed by atoms with van der Waals surface area (Å²) in [5, 5.41) is 4.06. The van der Waals surface area contributed by atoms with Crippen LogP contribution in [-0.4, -0.2) is 10.1 Å². The van der Waals surface area contributed by atoms with Gasteiger partial charge in [0.1, 0.15) is 0 Å². The molecular formula is C23H20Cl8S3. The summed E-state index contributed by atoms with van der Waals surface area (Å²) in [7, 11) is 3.10. The van der Waals surface area contributed by atoms with Crippen molar-refractivity contribution in [3.63, 3.8) is 0 Å². The second kappa shape index (κ2) is 16.8. The molecule has 0 N–H and O–H groups in total. The van der Waals surface area contributed by atoms with Gasteiger partial charge in [0.2, 0.25) is 0 Å². The van der Waals surface area contributed by atoms with Crippen LogP contribution in [0.3, 0.4) is 0 Å². The molecule has 0 unspecified atom stereocenters. The van der Waals surface area contributed by atoms with Crippen LogP contribution in [0.5, 0.6) is 0 Å². The first-order chi connectivity index (χ1) is 15.8. The SMILES string of the molecule is CC(C)(C)Sc1cc(Cl)cc(Cl)c1.ClCCl.Clc1cc(Cl)cc(SSc2cc(Cl)cc(Cl)c2)c1. The molecule has 0 aliphatic rings. The van der Waals surface area contributed by atoms with Gasteiger partial charge in [-0.1, -0.05) is 112 Å². The summed E-state index contributed by atoms with van der Waals surface area (Å²) < 4.78 is 0.189. The van der Waals surface area contributed by atoms with Gasteiger partial charge < -0.3 is 0 Å². The molecule has 0 nitrogen and oxygen atoms in total. The van der Waals surface area contributed by atoms with Gasteiger partial charge in [-0.2, -0.15) is 0 Å². The maximum atomic E-state index is 5.93. The van der Waals surface area contributed by atoms with Crippen LogP contribution in [0, 0.1) is 0 Å². The van der Waals surface area contributed by atoms with Crippen molar-refractivity contribution < 1.29 is 0 Å². The molecule has 0 aliphatic carbocycles. The lowest BCUT2D eigenvalue weighted by molar-refractivity contribution is 0.803. The molecule has 0 atom stereocenters. The van der Waals surface area contributed by atoms with Crippen molar-refractivity contribution >= 4 is 126 Å². The fraction of sp³-hybridized carbons (Fsp3) is 0.217. The summed E-state index contributed by atoms with van der Waals surface area (Å²) in [5.74, 6) is 0. The number of thioether (sulfide) groups is 1. The van der Waals surface area contributed by atoms with E-state index in [9.17, 15) is 0 Å². The Morgan fingerprint density at radius 2 is 0.735 bits per heavy atom. The third kappa shape index (κ3) is 15.3. The molecule has 0 aromatic heterocycles. The lowest BCUT2D eigenvalue weighted by Gasteiger charge is -2.17. The van der Waals surface area contributed by atoms with E-state index in [0.717, 1.165) is 14.7 Å². The Balaban J connectivity index is 0.000000318. The normalized spacial score (nSPS) is 10.7. The van der Waals surface area contributed by atoms with Crippen LogP contribution in [-0.2, 0) is 0 Å². The third-order valence-corrected chi connectivity index (χ3v) is 7.90. The van der Waals surface area contributed by atoms with E-state index in [1.807, 2.05) is 36.4 Å². The van der Waals surface area contributed by atoms with Crippen LogP contribution in [0.2, 0.25) is 30.1 Å². The molecular weight excluding hydrogens is 656 g/mol. The van der Waals surface area contributed by atoms with Gasteiger partial charge in [0.05, 0.1) is 5.34 Å². The molecule has 0 bridgehead atoms. The highest BCUT2D eigenvalue weighted by atomic mass is 35.5. The van der Waals surface area contributed by atoms with Crippen LogP contribution in [0.4, 0.5) is 0 Å². The quantitative estimate of drug-likeness (QED) is 0.153. The summed E-state index contributed by atoms with van der Waals surface area (Å²) in [6.07, 6.45) is 0. The number of rotatable bonds is 4. The molecule has 11 heteroatoms. The minimum Gasteiger partial charge on any atom is -0.120 e. The molecule has 0 spiro atoms. The molecule has 186 valence electrons. The van der Waals surface area contributed by atoms with Gasteiger partial charge in [-0.05, 0) is 54.6 Å². The Morgan fingerprint density at radius 3 is 0.971 bits per heavy atom. The predicted molar refractivity (Wildman–Crippen MR) is 163 cm³/mol. The van der Waals surface area contributed by atoms with E-state index in [1.165, 1.54) is 0 Å². The fourth-order valence-corrected chi connectivity index (χ4v) is 7.28. The van der Waals surface area contributed by atoms with Crippen molar-refractivity contribution in [2.45, 2.75) is 40.2 Å². The average molecular weight is 676 g/mol. The van der Waals surface area contributed by atoms with Crippen molar-refractivity contribution in [2.75, 3.05) is 5.34 Å². The van der Waals surface area contributed by atoms with Crippen molar-refractivity contribution in [1.82, 2.24) is 0 Å². The van der Waals surface area contributed by atoms with Gasteiger partial charge in [-0.15, -0.1) is 35.0 Å². The molecule has 0 saturated carbocycles. The monoisotopic (exact) mass is 672 g/mol. The number of alkyl halides is 2. The highest BCUT2D eigenvalue weighted by molar-refractivity contribution is 8.76. The van der Waals surface area contributed by atoms with E-state index >= 15 is 0 Å². The smallest absolute Gasteiger partial charge is 0.0967 e. The topological polar surface area (TPSA) is 0 Å². The fourth-order valence-electron chi connectivity index (χ4n) is 2.19. The average Bonchev–Trinajstić information content (AvgIpc) is 2.64. The van der Waals surface area contributed by atoms with Gasteiger partial charge in [0.15, 0.2) is 0 Å². The molecule has 3 aromatic carbocycles. The molecule has 3 rings (SSSR count). The lowest BCUT2D eigenvalue weighted by atomic mass is 10.3. The molecule has 0 heterocycles. The zero-order valence-electron chi connectivity index (χ0n) is 18.2. The second-order valence-electron chi connectivity index (χ2n) is 7.30. The highest BCUT2D eigenvalue weighted by Gasteiger charge is 2.12. The van der Waals surface area contributed by atoms with Crippen LogP contribution in [0.15, 0.2) is 69.3 Å². The number of hydrogen-bond acceptors (Lipinski definition) is 3. The summed E-state index contributed by atoms with van der Waals surface area (Å²) in [4.78, 5) is 3.08. The second-order valence-corrected chi connectivity index (χ2v) is 14.9. The molecule has 0 amide bonds. The highest BCUT2D eigenvalue weighted by Crippen LogP contribution is 2.41. The molecule has 34 heavy (non-hydrogen) atoms. The minimum absolute atomic E-state index is 0.189. The van der Waals surface area contributed by atoms with E-state index in [-0.39, 0.29) is 10.1 Å². The zero-order chi connectivity index (χ0) is 25.9. The maximum absolute atomic E-state index is 5.93. The van der Waals surface area contributed by atoms with E-state index in [1.54, 1.807) is 51.5 Å². The van der Waals surface area contributed by atoms with Crippen molar-refractivity contribution in [3.8, 4) is 0 Å². The molecule has 0 aliphatic heterocycles. The summed E-state index contributed by atoms with van der Waals surface area (Å²) in [6.45, 7) is 6.48. The Bertz CT molecular complexity index is 943. The first kappa shape index (κ1) is 33.1. The Morgan fingerprint density at radius 1 is 0.500 bits per heavy atom. The molecule has 0 saturated heterocycles. The van der Waals surface area contributed by atoms with Crippen LogP contribution < -0.4 is 0 Å². The zero-order valence-corrected chi connectivity index (χ0v) is 26.6. The van der Waals surface area contributed by atoms with Gasteiger partial charge in [-0.25, -0.2) is 0 Å². The predicted octanol–water partition coefficient (Wildman–Crippen LogP) is 13.4. The number of benzene rings is 3. The molecule has 0 fully saturated rings. The first-order valence-corrected chi connectivity index (χ1v) is 15.7. The van der Waals surface area contributed by atoms with Crippen LogP contribution in [0.25, 0.3) is 0 Å². The van der Waals surface area contributed by atoms with Crippen molar-refractivity contribution in [2.24, 2.45) is 0 Å². The standard InChI is InChI=1S/C12H6Cl4S2.C10H12Cl2S.CH2Cl2/c13-7-1-8(14)4-11(3-7)17-18-12-5-9(15)2-10(16)6-12;1-10(2,3)13-9-5-7(11)4-8(12)6-9;2-1-3/h1-6H;4-6H,1-3H3;1H2. The van der Waals surface area contributed by atoms with Gasteiger partial charge >= 0.3 is 0 Å². The van der Waals surface area contributed by atoms with E-state index in [0.29, 0.717) is 30.1 Å². The maximum Gasteiger partial charge on any atom is 0.0967 e. The number of hydrogen-bond donors (Lipinski definition) is 0. The third-order valence-electron chi connectivity index (χ3n) is 3.17. The minimum atomic E-state index is 0.189. The Hall–Kier alpha value is 1.03. The van der Waals surface area contributed by atoms with E-state index in [2.05, 4.69) is 20.8 Å². The summed E-state index contributed by atoms with van der Waals surface area (Å²) in [5.41, 5.74) is 0. The Kier molecular flexibility index (Phi) is 16.3. The first-order valence-electron chi connectivity index (χ1n) is 9.35. The van der Waals surface area contributed by atoms with Crippen LogP contribution in [0.1, 0.15) is 20.8 Å². The lowest BCUT2D eigenvalue weighted by Crippen LogP contribution is -2.06. The van der Waals surface area contributed by atoms with Crippen molar-refractivity contribution in [3.05, 3.63) is 84.7 Å². The summed E-state index contributed by atoms with van der Waals surface area (Å²) >= 11 is 46.8. The van der Waals surface area contributed by atoms with Gasteiger partial charge in [0, 0.05) is 49.6 Å².